The molecule has 0 radical (unpaired) electrons. The number of hydrogen-bond acceptors (Lipinski definition) is 2. The second kappa shape index (κ2) is 6.76. The summed E-state index contributed by atoms with van der Waals surface area (Å²) in [6.45, 7) is 5.94. The summed E-state index contributed by atoms with van der Waals surface area (Å²) in [5.74, 6) is -0.874. The van der Waals surface area contributed by atoms with Gasteiger partial charge in [-0.3, -0.25) is 0 Å². The Morgan fingerprint density at radius 3 is 2.71 bits per heavy atom. The van der Waals surface area contributed by atoms with E-state index in [4.69, 9.17) is 5.73 Å². The van der Waals surface area contributed by atoms with Crippen molar-refractivity contribution in [3.8, 4) is 0 Å². The van der Waals surface area contributed by atoms with E-state index in [0.29, 0.717) is 12.1 Å². The Morgan fingerprint density at radius 2 is 2.10 bits per heavy atom. The van der Waals surface area contributed by atoms with Crippen LogP contribution in [0.2, 0.25) is 0 Å². The predicted molar refractivity (Wildman–Crippen MR) is 85.9 cm³/mol. The molecule has 0 bridgehead atoms. The van der Waals surface area contributed by atoms with Crippen LogP contribution in [0, 0.1) is 6.92 Å². The summed E-state index contributed by atoms with van der Waals surface area (Å²) >= 11 is 0. The standard InChI is InChI=1S/C17H24N2O2/c1-3-4-10-19-12(2)14(6-5-9-18)15-11-13(17(20)21)7-8-16(15)19/h7-8,11H,3-6,9-10,18H2,1-2H3,(H,20,21). The molecule has 0 aliphatic rings. The molecule has 114 valence electrons. The highest BCUT2D eigenvalue weighted by Crippen LogP contribution is 2.28. The monoisotopic (exact) mass is 288 g/mol. The van der Waals surface area contributed by atoms with Crippen LogP contribution in [0.3, 0.4) is 0 Å². The minimum Gasteiger partial charge on any atom is -0.478 e. The smallest absolute Gasteiger partial charge is 0.335 e. The van der Waals surface area contributed by atoms with E-state index >= 15 is 0 Å². The van der Waals surface area contributed by atoms with Gasteiger partial charge in [-0.15, -0.1) is 0 Å². The van der Waals surface area contributed by atoms with Gasteiger partial charge in [0, 0.05) is 23.1 Å². The number of benzene rings is 1. The largest absolute Gasteiger partial charge is 0.478 e. The second-order valence-corrected chi connectivity index (χ2v) is 5.50. The Balaban J connectivity index is 2.57. The lowest BCUT2D eigenvalue weighted by Crippen LogP contribution is -2.03. The molecular weight excluding hydrogens is 264 g/mol. The predicted octanol–water partition coefficient (Wildman–Crippen LogP) is 3.34. The van der Waals surface area contributed by atoms with Gasteiger partial charge in [0.1, 0.15) is 0 Å². The molecule has 0 aliphatic carbocycles. The van der Waals surface area contributed by atoms with Crippen LogP contribution in [0.1, 0.15) is 47.8 Å². The van der Waals surface area contributed by atoms with Crippen LogP contribution >= 0.6 is 0 Å². The number of nitrogens with two attached hydrogens (primary N) is 1. The molecule has 4 heteroatoms. The van der Waals surface area contributed by atoms with Gasteiger partial charge < -0.3 is 15.4 Å². The first-order valence-electron chi connectivity index (χ1n) is 7.65. The summed E-state index contributed by atoms with van der Waals surface area (Å²) in [5.41, 5.74) is 9.61. The maximum Gasteiger partial charge on any atom is 0.335 e. The molecule has 0 aliphatic heterocycles. The van der Waals surface area contributed by atoms with Gasteiger partial charge in [-0.2, -0.15) is 0 Å². The molecule has 21 heavy (non-hydrogen) atoms. The summed E-state index contributed by atoms with van der Waals surface area (Å²) < 4.78 is 2.32. The van der Waals surface area contributed by atoms with E-state index in [-0.39, 0.29) is 0 Å². The van der Waals surface area contributed by atoms with E-state index in [2.05, 4.69) is 18.4 Å². The van der Waals surface area contributed by atoms with Crippen molar-refractivity contribution in [2.24, 2.45) is 5.73 Å². The fourth-order valence-corrected chi connectivity index (χ4v) is 2.88. The number of aromatic carboxylic acids is 1. The summed E-state index contributed by atoms with van der Waals surface area (Å²) in [4.78, 5) is 11.2. The highest BCUT2D eigenvalue weighted by atomic mass is 16.4. The zero-order valence-corrected chi connectivity index (χ0v) is 12.9. The zero-order chi connectivity index (χ0) is 15.4. The average Bonchev–Trinajstić information content (AvgIpc) is 2.74. The van der Waals surface area contributed by atoms with Crippen molar-refractivity contribution in [2.75, 3.05) is 6.54 Å². The molecule has 3 N–H and O–H groups in total. The van der Waals surface area contributed by atoms with Gasteiger partial charge in [-0.25, -0.2) is 4.79 Å². The lowest BCUT2D eigenvalue weighted by atomic mass is 10.0. The van der Waals surface area contributed by atoms with Crippen molar-refractivity contribution in [3.05, 3.63) is 35.0 Å². The highest BCUT2D eigenvalue weighted by molar-refractivity contribution is 5.95. The molecule has 0 spiro atoms. The van der Waals surface area contributed by atoms with Crippen LogP contribution in [0.4, 0.5) is 0 Å². The zero-order valence-electron chi connectivity index (χ0n) is 12.9. The number of nitrogens with zero attached hydrogens (tertiary/aromatic N) is 1. The van der Waals surface area contributed by atoms with E-state index < -0.39 is 5.97 Å². The lowest BCUT2D eigenvalue weighted by molar-refractivity contribution is 0.0697. The third kappa shape index (κ3) is 3.10. The molecule has 0 fully saturated rings. The Morgan fingerprint density at radius 1 is 1.33 bits per heavy atom. The fraction of sp³-hybridized carbons (Fsp3) is 0.471. The van der Waals surface area contributed by atoms with Crippen molar-refractivity contribution in [1.29, 1.82) is 0 Å². The first-order valence-corrected chi connectivity index (χ1v) is 7.65. The Kier molecular flexibility index (Phi) is 5.02. The summed E-state index contributed by atoms with van der Waals surface area (Å²) in [5, 5.41) is 10.3. The SMILES string of the molecule is CCCCn1c(C)c(CCCN)c2cc(C(=O)O)ccc21. The van der Waals surface area contributed by atoms with Crippen molar-refractivity contribution in [3.63, 3.8) is 0 Å². The number of aryl methyl sites for hydroxylation is 2. The van der Waals surface area contributed by atoms with Gasteiger partial charge in [-0.05, 0) is 56.5 Å². The molecule has 0 saturated heterocycles. The van der Waals surface area contributed by atoms with Gasteiger partial charge in [0.05, 0.1) is 5.56 Å². The van der Waals surface area contributed by atoms with Crippen molar-refractivity contribution >= 4 is 16.9 Å². The fourth-order valence-electron chi connectivity index (χ4n) is 2.88. The van der Waals surface area contributed by atoms with E-state index in [9.17, 15) is 9.90 Å². The van der Waals surface area contributed by atoms with Crippen LogP contribution in [-0.4, -0.2) is 22.2 Å². The van der Waals surface area contributed by atoms with Crippen LogP contribution in [0.5, 0.6) is 0 Å². The van der Waals surface area contributed by atoms with Gasteiger partial charge in [0.15, 0.2) is 0 Å². The molecular formula is C17H24N2O2. The maximum atomic E-state index is 11.2. The number of carbonyl (C=O) groups is 1. The summed E-state index contributed by atoms with van der Waals surface area (Å²) in [7, 11) is 0. The minimum atomic E-state index is -0.874. The Labute approximate surface area is 125 Å². The first kappa shape index (κ1) is 15.6. The van der Waals surface area contributed by atoms with E-state index in [0.717, 1.165) is 43.1 Å². The normalized spacial score (nSPS) is 11.2. The highest BCUT2D eigenvalue weighted by Gasteiger charge is 2.15. The molecule has 1 aromatic heterocycles. The molecule has 0 amide bonds. The molecule has 1 aromatic carbocycles. The van der Waals surface area contributed by atoms with Crippen LogP contribution in [0.25, 0.3) is 10.9 Å². The molecule has 1 heterocycles. The molecule has 4 nitrogen and oxygen atoms in total. The molecule has 0 saturated carbocycles. The number of rotatable bonds is 7. The minimum absolute atomic E-state index is 0.351. The summed E-state index contributed by atoms with van der Waals surface area (Å²) in [6.07, 6.45) is 4.10. The third-order valence-corrected chi connectivity index (χ3v) is 4.07. The number of unbranched alkanes of at least 4 members (excludes halogenated alkanes) is 1. The molecule has 2 aromatic rings. The maximum absolute atomic E-state index is 11.2. The summed E-state index contributed by atoms with van der Waals surface area (Å²) in [6, 6.07) is 5.44. The molecule has 2 rings (SSSR count). The van der Waals surface area contributed by atoms with Crippen LogP contribution in [0.15, 0.2) is 18.2 Å². The number of fused-ring (bicyclic) bond motifs is 1. The average molecular weight is 288 g/mol. The van der Waals surface area contributed by atoms with E-state index in [1.54, 1.807) is 12.1 Å². The Bertz CT molecular complexity index is 644. The molecule has 0 unspecified atom stereocenters. The number of aromatic nitrogens is 1. The number of carboxylic acid groups (broad SMARTS) is 1. The van der Waals surface area contributed by atoms with Gasteiger partial charge in [-0.1, -0.05) is 13.3 Å². The van der Waals surface area contributed by atoms with E-state index in [1.165, 1.54) is 11.3 Å². The third-order valence-electron chi connectivity index (χ3n) is 4.07. The van der Waals surface area contributed by atoms with Crippen molar-refractivity contribution in [1.82, 2.24) is 4.57 Å². The van der Waals surface area contributed by atoms with Gasteiger partial charge in [0.25, 0.3) is 0 Å². The van der Waals surface area contributed by atoms with Crippen molar-refractivity contribution in [2.45, 2.75) is 46.1 Å². The first-order chi connectivity index (χ1) is 10.1. The lowest BCUT2D eigenvalue weighted by Gasteiger charge is -2.07. The van der Waals surface area contributed by atoms with E-state index in [1.807, 2.05) is 6.07 Å². The number of carboxylic acids is 1. The van der Waals surface area contributed by atoms with Crippen LogP contribution < -0.4 is 5.73 Å². The Hall–Kier alpha value is -1.81. The number of hydrogen-bond donors (Lipinski definition) is 2. The topological polar surface area (TPSA) is 68.2 Å². The van der Waals surface area contributed by atoms with Crippen molar-refractivity contribution < 1.29 is 9.90 Å². The van der Waals surface area contributed by atoms with Gasteiger partial charge in [0.2, 0.25) is 0 Å². The second-order valence-electron chi connectivity index (χ2n) is 5.50. The van der Waals surface area contributed by atoms with Crippen LogP contribution in [-0.2, 0) is 13.0 Å². The quantitative estimate of drug-likeness (QED) is 0.821. The van der Waals surface area contributed by atoms with Gasteiger partial charge >= 0.3 is 5.97 Å². The molecule has 0 atom stereocenters.